The summed E-state index contributed by atoms with van der Waals surface area (Å²) in [5, 5.41) is 11.2. The third kappa shape index (κ3) is 3.95. The Bertz CT molecular complexity index is 1310. The number of nitrogens with one attached hydrogen (secondary N) is 1. The number of pyridine rings is 2. The van der Waals surface area contributed by atoms with Gasteiger partial charge in [-0.05, 0) is 48.7 Å². The number of anilines is 1. The molecule has 3 heterocycles. The second-order valence-electron chi connectivity index (χ2n) is 7.55. The topological polar surface area (TPSA) is 129 Å². The molecule has 3 aromatic heterocycles. The number of benzene rings is 1. The molecule has 1 fully saturated rings. The molecule has 4 aromatic rings. The van der Waals surface area contributed by atoms with E-state index in [1.54, 1.807) is 36.8 Å². The van der Waals surface area contributed by atoms with E-state index in [0.29, 0.717) is 11.7 Å². The van der Waals surface area contributed by atoms with Gasteiger partial charge in [-0.15, -0.1) is 10.2 Å². The first kappa shape index (κ1) is 19.6. The Hall–Kier alpha value is -4.40. The van der Waals surface area contributed by atoms with E-state index in [1.165, 1.54) is 6.20 Å². The lowest BCUT2D eigenvalue weighted by Crippen LogP contribution is -2.14. The van der Waals surface area contributed by atoms with Crippen LogP contribution >= 0.6 is 0 Å². The Labute approximate surface area is 183 Å². The molecule has 1 aliphatic carbocycles. The Kier molecular flexibility index (Phi) is 4.91. The number of carbonyl (C=O) groups excluding carboxylic acids is 2. The number of primary amides is 1. The molecule has 0 bridgehead atoms. The van der Waals surface area contributed by atoms with Crippen molar-refractivity contribution in [2.24, 2.45) is 5.73 Å². The van der Waals surface area contributed by atoms with Gasteiger partial charge >= 0.3 is 0 Å². The Morgan fingerprint density at radius 1 is 0.969 bits per heavy atom. The van der Waals surface area contributed by atoms with Crippen molar-refractivity contribution in [3.63, 3.8) is 0 Å². The minimum atomic E-state index is -0.594. The van der Waals surface area contributed by atoms with Gasteiger partial charge in [0, 0.05) is 35.2 Å². The first-order valence-electron chi connectivity index (χ1n) is 10.1. The van der Waals surface area contributed by atoms with E-state index >= 15 is 0 Å². The minimum Gasteiger partial charge on any atom is -0.364 e. The Morgan fingerprint density at radius 3 is 2.59 bits per heavy atom. The second-order valence-corrected chi connectivity index (χ2v) is 7.55. The molecular weight excluding hydrogens is 406 g/mol. The number of amides is 2. The number of nitrogens with zero attached hydrogens (tertiary/aromatic N) is 5. The molecule has 9 nitrogen and oxygen atoms in total. The first-order chi connectivity index (χ1) is 15.6. The van der Waals surface area contributed by atoms with Gasteiger partial charge in [-0.1, -0.05) is 18.2 Å². The van der Waals surface area contributed by atoms with Crippen molar-refractivity contribution in [3.05, 3.63) is 78.6 Å². The molecule has 1 aromatic carbocycles. The highest BCUT2D eigenvalue weighted by atomic mass is 16.2. The number of hydrogen-bond acceptors (Lipinski definition) is 6. The molecular formula is C23H19N7O2. The molecule has 0 atom stereocenters. The predicted molar refractivity (Wildman–Crippen MR) is 118 cm³/mol. The average molecular weight is 425 g/mol. The fourth-order valence-electron chi connectivity index (χ4n) is 3.45. The van der Waals surface area contributed by atoms with Crippen LogP contribution in [0.1, 0.15) is 39.9 Å². The lowest BCUT2D eigenvalue weighted by molar-refractivity contribution is 0.0993. The van der Waals surface area contributed by atoms with Crippen LogP contribution in [-0.2, 0) is 0 Å². The van der Waals surface area contributed by atoms with Crippen LogP contribution in [0.3, 0.4) is 0 Å². The van der Waals surface area contributed by atoms with Gasteiger partial charge in [-0.3, -0.25) is 19.6 Å². The molecule has 5 rings (SSSR count). The molecule has 9 heteroatoms. The molecule has 0 radical (unpaired) electrons. The normalized spacial score (nSPS) is 13.0. The SMILES string of the molecule is NC(=O)c1ccc(-c2ccnc(C(=O)Nc3cccc(-c4nncn4C4CC4)c3)c2)cn1. The largest absolute Gasteiger partial charge is 0.364 e. The van der Waals surface area contributed by atoms with Gasteiger partial charge in [0.05, 0.1) is 0 Å². The molecule has 0 saturated heterocycles. The molecule has 3 N–H and O–H groups in total. The quantitative estimate of drug-likeness (QED) is 0.488. The fraction of sp³-hybridized carbons (Fsp3) is 0.130. The summed E-state index contributed by atoms with van der Waals surface area (Å²) in [6.45, 7) is 0. The maximum absolute atomic E-state index is 12.8. The average Bonchev–Trinajstić information content (AvgIpc) is 3.55. The Balaban J connectivity index is 1.36. The van der Waals surface area contributed by atoms with Crippen LogP contribution in [0.4, 0.5) is 5.69 Å². The van der Waals surface area contributed by atoms with Crippen LogP contribution < -0.4 is 11.1 Å². The number of hydrogen-bond donors (Lipinski definition) is 2. The summed E-state index contributed by atoms with van der Waals surface area (Å²) in [6.07, 6.45) is 7.10. The van der Waals surface area contributed by atoms with E-state index in [1.807, 2.05) is 24.3 Å². The minimum absolute atomic E-state index is 0.179. The maximum atomic E-state index is 12.8. The lowest BCUT2D eigenvalue weighted by atomic mass is 10.1. The van der Waals surface area contributed by atoms with Crippen LogP contribution in [-0.4, -0.2) is 36.5 Å². The molecule has 0 aliphatic heterocycles. The third-order valence-electron chi connectivity index (χ3n) is 5.23. The second kappa shape index (κ2) is 8.03. The van der Waals surface area contributed by atoms with Crippen LogP contribution in [0.5, 0.6) is 0 Å². The van der Waals surface area contributed by atoms with Gasteiger partial charge in [0.25, 0.3) is 11.8 Å². The molecule has 2 amide bonds. The van der Waals surface area contributed by atoms with Gasteiger partial charge in [0.2, 0.25) is 0 Å². The van der Waals surface area contributed by atoms with E-state index < -0.39 is 5.91 Å². The first-order valence-corrected chi connectivity index (χ1v) is 10.1. The summed E-state index contributed by atoms with van der Waals surface area (Å²) in [5.74, 6) is -0.144. The predicted octanol–water partition coefficient (Wildman–Crippen LogP) is 3.09. The smallest absolute Gasteiger partial charge is 0.274 e. The molecule has 1 saturated carbocycles. The highest BCUT2D eigenvalue weighted by molar-refractivity contribution is 6.03. The number of aromatic nitrogens is 5. The number of nitrogens with two attached hydrogens (primary N) is 1. The molecule has 32 heavy (non-hydrogen) atoms. The number of carbonyl (C=O) groups is 2. The molecule has 0 unspecified atom stereocenters. The zero-order chi connectivity index (χ0) is 22.1. The van der Waals surface area contributed by atoms with Crippen molar-refractivity contribution < 1.29 is 9.59 Å². The summed E-state index contributed by atoms with van der Waals surface area (Å²) >= 11 is 0. The van der Waals surface area contributed by atoms with Crippen LogP contribution in [0, 0.1) is 0 Å². The van der Waals surface area contributed by atoms with Gasteiger partial charge in [-0.2, -0.15) is 0 Å². The lowest BCUT2D eigenvalue weighted by Gasteiger charge is -2.09. The summed E-state index contributed by atoms with van der Waals surface area (Å²) in [4.78, 5) is 32.3. The van der Waals surface area contributed by atoms with Crippen LogP contribution in [0.2, 0.25) is 0 Å². The highest BCUT2D eigenvalue weighted by Gasteiger charge is 2.26. The monoisotopic (exact) mass is 425 g/mol. The summed E-state index contributed by atoms with van der Waals surface area (Å²) in [5.41, 5.74) is 8.68. The van der Waals surface area contributed by atoms with Crippen LogP contribution in [0.25, 0.3) is 22.5 Å². The van der Waals surface area contributed by atoms with Gasteiger partial charge in [0.1, 0.15) is 17.7 Å². The van der Waals surface area contributed by atoms with E-state index in [-0.39, 0.29) is 17.3 Å². The van der Waals surface area contributed by atoms with Gasteiger partial charge < -0.3 is 15.6 Å². The summed E-state index contributed by atoms with van der Waals surface area (Å²) < 4.78 is 2.07. The van der Waals surface area contributed by atoms with Gasteiger partial charge in [-0.25, -0.2) is 0 Å². The van der Waals surface area contributed by atoms with E-state index in [9.17, 15) is 9.59 Å². The fourth-order valence-corrected chi connectivity index (χ4v) is 3.45. The summed E-state index contributed by atoms with van der Waals surface area (Å²) in [7, 11) is 0. The van der Waals surface area contributed by atoms with Gasteiger partial charge in [0.15, 0.2) is 5.82 Å². The number of rotatable bonds is 6. The maximum Gasteiger partial charge on any atom is 0.274 e. The summed E-state index contributed by atoms with van der Waals surface area (Å²) in [6, 6.07) is 14.7. The van der Waals surface area contributed by atoms with Crippen molar-refractivity contribution in [1.29, 1.82) is 0 Å². The van der Waals surface area contributed by atoms with Crippen molar-refractivity contribution in [2.45, 2.75) is 18.9 Å². The molecule has 1 aliphatic rings. The zero-order valence-electron chi connectivity index (χ0n) is 17.0. The van der Waals surface area contributed by atoms with E-state index in [0.717, 1.165) is 35.4 Å². The molecule has 158 valence electrons. The standard InChI is InChI=1S/C23H19N7O2/c24-21(31)19-7-4-16(12-26-19)14-8-9-25-20(11-14)23(32)28-17-3-1-2-15(10-17)22-29-27-13-30(22)18-5-6-18/h1-4,7-13,18H,5-6H2,(H2,24,31)(H,28,32). The van der Waals surface area contributed by atoms with Crippen LogP contribution in [0.15, 0.2) is 67.3 Å². The van der Waals surface area contributed by atoms with Crippen molar-refractivity contribution in [2.75, 3.05) is 5.32 Å². The van der Waals surface area contributed by atoms with Crippen molar-refractivity contribution in [3.8, 4) is 22.5 Å². The molecule has 0 spiro atoms. The van der Waals surface area contributed by atoms with Crippen molar-refractivity contribution >= 4 is 17.5 Å². The third-order valence-corrected chi connectivity index (χ3v) is 5.23. The van der Waals surface area contributed by atoms with E-state index in [2.05, 4.69) is 30.0 Å². The highest BCUT2D eigenvalue weighted by Crippen LogP contribution is 2.37. The van der Waals surface area contributed by atoms with E-state index in [4.69, 9.17) is 5.73 Å². The van der Waals surface area contributed by atoms with Crippen molar-refractivity contribution in [1.82, 2.24) is 24.7 Å². The Morgan fingerprint density at radius 2 is 1.84 bits per heavy atom. The zero-order valence-corrected chi connectivity index (χ0v) is 17.0.